The van der Waals surface area contributed by atoms with Crippen LogP contribution in [0.2, 0.25) is 0 Å². The summed E-state index contributed by atoms with van der Waals surface area (Å²) in [6.07, 6.45) is 6.38. The van der Waals surface area contributed by atoms with E-state index in [4.69, 9.17) is 21.3 Å². The van der Waals surface area contributed by atoms with Gasteiger partial charge in [-0.05, 0) is 43.7 Å². The summed E-state index contributed by atoms with van der Waals surface area (Å²) >= 11 is 6.14. The van der Waals surface area contributed by atoms with Crippen LogP contribution in [0.5, 0.6) is 5.75 Å². The molecular formula is C17H23ClN2O. The molecule has 0 atom stereocenters. The molecule has 0 aliphatic heterocycles. The van der Waals surface area contributed by atoms with Crippen LogP contribution in [0.25, 0.3) is 11.0 Å². The van der Waals surface area contributed by atoms with Crippen molar-refractivity contribution in [3.8, 4) is 5.75 Å². The van der Waals surface area contributed by atoms with Crippen molar-refractivity contribution in [2.45, 2.75) is 50.9 Å². The zero-order chi connectivity index (χ0) is 14.8. The molecule has 1 aromatic carbocycles. The molecule has 0 bridgehead atoms. The summed E-state index contributed by atoms with van der Waals surface area (Å²) in [5.41, 5.74) is 2.18. The lowest BCUT2D eigenvalue weighted by atomic mass is 9.84. The second-order valence-corrected chi connectivity index (χ2v) is 6.24. The lowest BCUT2D eigenvalue weighted by Gasteiger charge is -2.30. The third-order valence-electron chi connectivity index (χ3n) is 4.85. The molecule has 4 heteroatoms. The zero-order valence-electron chi connectivity index (χ0n) is 12.8. The number of hydrogen-bond donors (Lipinski definition) is 0. The van der Waals surface area contributed by atoms with Crippen molar-refractivity contribution in [1.82, 2.24) is 9.55 Å². The van der Waals surface area contributed by atoms with E-state index in [9.17, 15) is 0 Å². The Kier molecular flexibility index (Phi) is 4.39. The molecule has 21 heavy (non-hydrogen) atoms. The van der Waals surface area contributed by atoms with Crippen LogP contribution < -0.4 is 4.74 Å². The monoisotopic (exact) mass is 306 g/mol. The van der Waals surface area contributed by atoms with Gasteiger partial charge in [0.15, 0.2) is 0 Å². The molecular weight excluding hydrogens is 284 g/mol. The van der Waals surface area contributed by atoms with Gasteiger partial charge < -0.3 is 9.30 Å². The van der Waals surface area contributed by atoms with Gasteiger partial charge in [0, 0.05) is 12.1 Å². The topological polar surface area (TPSA) is 27.1 Å². The Morgan fingerprint density at radius 3 is 2.67 bits per heavy atom. The Balaban J connectivity index is 1.99. The first-order valence-corrected chi connectivity index (χ1v) is 8.41. The van der Waals surface area contributed by atoms with Gasteiger partial charge >= 0.3 is 0 Å². The van der Waals surface area contributed by atoms with E-state index in [2.05, 4.69) is 17.6 Å². The van der Waals surface area contributed by atoms with Crippen LogP contribution in [0.4, 0.5) is 0 Å². The molecule has 0 saturated heterocycles. The maximum absolute atomic E-state index is 6.14. The summed E-state index contributed by atoms with van der Waals surface area (Å²) in [6, 6.07) is 6.60. The van der Waals surface area contributed by atoms with Crippen molar-refractivity contribution >= 4 is 22.6 Å². The van der Waals surface area contributed by atoms with Crippen LogP contribution in [-0.4, -0.2) is 16.7 Å². The minimum Gasteiger partial charge on any atom is -0.497 e. The number of nitrogens with zero attached hydrogens (tertiary/aromatic N) is 2. The van der Waals surface area contributed by atoms with E-state index in [-0.39, 0.29) is 0 Å². The van der Waals surface area contributed by atoms with Crippen LogP contribution in [0.1, 0.15) is 50.9 Å². The Labute approximate surface area is 131 Å². The lowest BCUT2D eigenvalue weighted by Crippen LogP contribution is -2.19. The summed E-state index contributed by atoms with van der Waals surface area (Å²) in [5, 5.41) is 0. The predicted molar refractivity (Wildman–Crippen MR) is 87.1 cm³/mol. The van der Waals surface area contributed by atoms with Crippen molar-refractivity contribution in [2.75, 3.05) is 7.11 Å². The number of aromatic nitrogens is 2. The molecule has 1 aromatic heterocycles. The average Bonchev–Trinajstić information content (AvgIpc) is 2.92. The third-order valence-corrected chi connectivity index (χ3v) is 5.09. The highest BCUT2D eigenvalue weighted by atomic mass is 35.5. The molecule has 1 aliphatic rings. The maximum Gasteiger partial charge on any atom is 0.125 e. The minimum atomic E-state index is 0.463. The number of hydrogen-bond acceptors (Lipinski definition) is 2. The first kappa shape index (κ1) is 14.7. The molecule has 1 heterocycles. The second kappa shape index (κ2) is 6.27. The summed E-state index contributed by atoms with van der Waals surface area (Å²) in [7, 11) is 1.71. The van der Waals surface area contributed by atoms with Gasteiger partial charge in [0.25, 0.3) is 0 Å². The van der Waals surface area contributed by atoms with Gasteiger partial charge in [-0.1, -0.05) is 13.3 Å². The second-order valence-electron chi connectivity index (χ2n) is 5.97. The maximum atomic E-state index is 6.14. The molecule has 3 nitrogen and oxygen atoms in total. The Hall–Kier alpha value is -1.22. The van der Waals surface area contributed by atoms with Crippen molar-refractivity contribution < 1.29 is 4.74 Å². The first-order chi connectivity index (χ1) is 10.3. The van der Waals surface area contributed by atoms with E-state index in [0.29, 0.717) is 11.9 Å². The van der Waals surface area contributed by atoms with Crippen LogP contribution in [0.3, 0.4) is 0 Å². The normalized spacial score (nSPS) is 22.6. The molecule has 2 aromatic rings. The molecule has 1 fully saturated rings. The number of halogens is 1. The number of imidazole rings is 1. The van der Waals surface area contributed by atoms with Gasteiger partial charge in [0.05, 0.1) is 24.0 Å². The number of alkyl halides is 1. The molecule has 0 amide bonds. The van der Waals surface area contributed by atoms with E-state index >= 15 is 0 Å². The van der Waals surface area contributed by atoms with E-state index in [1.807, 2.05) is 12.1 Å². The largest absolute Gasteiger partial charge is 0.497 e. The lowest BCUT2D eigenvalue weighted by molar-refractivity contribution is 0.270. The van der Waals surface area contributed by atoms with Crippen LogP contribution in [-0.2, 0) is 5.88 Å². The van der Waals surface area contributed by atoms with Crippen molar-refractivity contribution in [3.63, 3.8) is 0 Å². The Morgan fingerprint density at radius 1 is 1.29 bits per heavy atom. The molecule has 0 spiro atoms. The summed E-state index contributed by atoms with van der Waals surface area (Å²) in [5.74, 6) is 3.22. The summed E-state index contributed by atoms with van der Waals surface area (Å²) in [4.78, 5) is 4.70. The number of fused-ring (bicyclic) bond motifs is 1. The fourth-order valence-electron chi connectivity index (χ4n) is 3.56. The Bertz CT molecular complexity index is 615. The number of benzene rings is 1. The third kappa shape index (κ3) is 2.76. The smallest absolute Gasteiger partial charge is 0.125 e. The molecule has 1 saturated carbocycles. The van der Waals surface area contributed by atoms with Crippen molar-refractivity contribution in [3.05, 3.63) is 24.0 Å². The van der Waals surface area contributed by atoms with Crippen molar-refractivity contribution in [1.29, 1.82) is 0 Å². The van der Waals surface area contributed by atoms with E-state index in [1.54, 1.807) is 7.11 Å². The van der Waals surface area contributed by atoms with Gasteiger partial charge in [-0.15, -0.1) is 11.6 Å². The Morgan fingerprint density at radius 2 is 2.05 bits per heavy atom. The van der Waals surface area contributed by atoms with Gasteiger partial charge in [-0.3, -0.25) is 0 Å². The zero-order valence-corrected chi connectivity index (χ0v) is 13.6. The summed E-state index contributed by atoms with van der Waals surface area (Å²) < 4.78 is 7.73. The van der Waals surface area contributed by atoms with Gasteiger partial charge in [0.1, 0.15) is 11.6 Å². The van der Waals surface area contributed by atoms with E-state index < -0.39 is 0 Å². The van der Waals surface area contributed by atoms with Crippen LogP contribution in [0.15, 0.2) is 18.2 Å². The molecule has 0 radical (unpaired) electrons. The van der Waals surface area contributed by atoms with Gasteiger partial charge in [0.2, 0.25) is 0 Å². The average molecular weight is 307 g/mol. The molecule has 0 unspecified atom stereocenters. The highest BCUT2D eigenvalue weighted by Gasteiger charge is 2.24. The number of methoxy groups -OCH3 is 1. The molecule has 3 rings (SSSR count). The highest BCUT2D eigenvalue weighted by molar-refractivity contribution is 6.16. The quantitative estimate of drug-likeness (QED) is 0.749. The fourth-order valence-corrected chi connectivity index (χ4v) is 3.75. The number of ether oxygens (including phenoxy) is 1. The van der Waals surface area contributed by atoms with E-state index in [0.717, 1.165) is 28.5 Å². The first-order valence-electron chi connectivity index (χ1n) is 7.87. The van der Waals surface area contributed by atoms with Crippen molar-refractivity contribution in [2.24, 2.45) is 5.92 Å². The predicted octanol–water partition coefficient (Wildman–Crippen LogP) is 4.93. The minimum absolute atomic E-state index is 0.463. The summed E-state index contributed by atoms with van der Waals surface area (Å²) in [6.45, 7) is 2.30. The van der Waals surface area contributed by atoms with Gasteiger partial charge in [-0.25, -0.2) is 4.98 Å². The molecule has 0 N–H and O–H groups in total. The van der Waals surface area contributed by atoms with Crippen LogP contribution in [0, 0.1) is 5.92 Å². The fraction of sp³-hybridized carbons (Fsp3) is 0.588. The van der Waals surface area contributed by atoms with Gasteiger partial charge in [-0.2, -0.15) is 0 Å². The number of rotatable bonds is 4. The SMILES string of the molecule is CCC1CCC(n2c(CCl)nc3ccc(OC)cc32)CC1. The highest BCUT2D eigenvalue weighted by Crippen LogP contribution is 2.37. The van der Waals surface area contributed by atoms with Crippen LogP contribution >= 0.6 is 11.6 Å². The molecule has 1 aliphatic carbocycles. The van der Waals surface area contributed by atoms with E-state index in [1.165, 1.54) is 32.1 Å². The molecule has 114 valence electrons. The standard InChI is InChI=1S/C17H23ClN2O/c1-3-12-4-6-13(7-5-12)20-16-10-14(21-2)8-9-15(16)19-17(20)11-18/h8-10,12-13H,3-7,11H2,1-2H3.